The van der Waals surface area contributed by atoms with Crippen molar-refractivity contribution >= 4 is 22.8 Å². The molecule has 11 heavy (non-hydrogen) atoms. The van der Waals surface area contributed by atoms with Gasteiger partial charge in [-0.2, -0.15) is 0 Å². The summed E-state index contributed by atoms with van der Waals surface area (Å²) in [5.74, 6) is 0. The zero-order chi connectivity index (χ0) is 7.84. The number of aromatic nitrogens is 2. The van der Waals surface area contributed by atoms with Crippen molar-refractivity contribution in [3.63, 3.8) is 0 Å². The number of benzene rings is 1. The first-order valence-electron chi connectivity index (χ1n) is 3.37. The number of imidazole rings is 1. The van der Waals surface area contributed by atoms with E-state index in [9.17, 15) is 0 Å². The van der Waals surface area contributed by atoms with Gasteiger partial charge in [0.15, 0.2) is 0 Å². The van der Waals surface area contributed by atoms with Crippen LogP contribution in [0.15, 0.2) is 24.5 Å². The number of nitrogens with zero attached hydrogens (tertiary/aromatic N) is 2. The summed E-state index contributed by atoms with van der Waals surface area (Å²) >= 11 is 5.78. The van der Waals surface area contributed by atoms with Crippen molar-refractivity contribution in [2.75, 3.05) is 0 Å². The fourth-order valence-corrected chi connectivity index (χ4v) is 1.28. The molecule has 0 saturated heterocycles. The van der Waals surface area contributed by atoms with E-state index in [0.717, 1.165) is 11.0 Å². The first-order valence-corrected chi connectivity index (χ1v) is 3.71. The van der Waals surface area contributed by atoms with Crippen LogP contribution in [-0.2, 0) is 0 Å². The minimum absolute atomic E-state index is 0.944. The van der Waals surface area contributed by atoms with E-state index in [2.05, 4.69) is 4.98 Å². The van der Waals surface area contributed by atoms with Crippen molar-refractivity contribution in [1.82, 2.24) is 9.07 Å². The Kier molecular flexibility index (Phi) is 1.36. The number of hydrogen-bond donors (Lipinski definition) is 0. The van der Waals surface area contributed by atoms with Gasteiger partial charge < -0.3 is 0 Å². The molecule has 56 valence electrons. The van der Waals surface area contributed by atoms with Crippen LogP contribution in [-0.4, -0.2) is 9.07 Å². The van der Waals surface area contributed by atoms with E-state index in [-0.39, 0.29) is 0 Å². The van der Waals surface area contributed by atoms with Crippen LogP contribution < -0.4 is 0 Å². The normalized spacial score (nSPS) is 10.7. The van der Waals surface area contributed by atoms with E-state index in [1.54, 1.807) is 6.33 Å². The Hall–Kier alpha value is -1.02. The summed E-state index contributed by atoms with van der Waals surface area (Å²) in [5, 5.41) is 0. The number of hydrogen-bond acceptors (Lipinski definition) is 1. The predicted octanol–water partition coefficient (Wildman–Crippen LogP) is 2.35. The van der Waals surface area contributed by atoms with E-state index in [1.165, 1.54) is 9.65 Å². The molecule has 0 amide bonds. The average Bonchev–Trinajstić information content (AvgIpc) is 2.32. The molecule has 0 aliphatic heterocycles. The Bertz CT molecular complexity index is 392. The third-order valence-electron chi connectivity index (χ3n) is 1.66. The summed E-state index contributed by atoms with van der Waals surface area (Å²) < 4.78 is 1.49. The lowest BCUT2D eigenvalue weighted by Gasteiger charge is -1.91. The SMILES string of the molecule is Cc1ccc2c(c1)ncn2Cl. The predicted molar refractivity (Wildman–Crippen MR) is 45.7 cm³/mol. The van der Waals surface area contributed by atoms with Crippen LogP contribution in [0.3, 0.4) is 0 Å². The third-order valence-corrected chi connectivity index (χ3v) is 1.93. The van der Waals surface area contributed by atoms with Gasteiger partial charge in [-0.25, -0.2) is 9.07 Å². The van der Waals surface area contributed by atoms with Crippen LogP contribution in [0.2, 0.25) is 0 Å². The average molecular weight is 167 g/mol. The van der Waals surface area contributed by atoms with Crippen LogP contribution in [0.4, 0.5) is 0 Å². The monoisotopic (exact) mass is 166 g/mol. The Morgan fingerprint density at radius 3 is 3.09 bits per heavy atom. The topological polar surface area (TPSA) is 17.8 Å². The minimum atomic E-state index is 0.944. The highest BCUT2D eigenvalue weighted by Gasteiger charge is 1.98. The Morgan fingerprint density at radius 1 is 1.45 bits per heavy atom. The molecule has 0 saturated carbocycles. The van der Waals surface area contributed by atoms with Crippen molar-refractivity contribution in [3.05, 3.63) is 30.1 Å². The molecule has 3 heteroatoms. The van der Waals surface area contributed by atoms with Gasteiger partial charge in [-0.05, 0) is 24.6 Å². The van der Waals surface area contributed by atoms with Crippen LogP contribution in [0.5, 0.6) is 0 Å². The summed E-state index contributed by atoms with van der Waals surface area (Å²) in [4.78, 5) is 4.11. The summed E-state index contributed by atoms with van der Waals surface area (Å²) in [6, 6.07) is 5.99. The second kappa shape index (κ2) is 2.24. The number of rotatable bonds is 0. The standard InChI is InChI=1S/C8H7ClN2/c1-6-2-3-8-7(4-6)10-5-11(8)9/h2-5H,1H3. The summed E-state index contributed by atoms with van der Waals surface area (Å²) in [6.07, 6.45) is 1.60. The molecular formula is C8H7ClN2. The zero-order valence-electron chi connectivity index (χ0n) is 6.08. The van der Waals surface area contributed by atoms with E-state index < -0.39 is 0 Å². The molecular weight excluding hydrogens is 160 g/mol. The van der Waals surface area contributed by atoms with Gasteiger partial charge in [-0.3, -0.25) is 0 Å². The fraction of sp³-hybridized carbons (Fsp3) is 0.125. The maximum atomic E-state index is 5.78. The second-order valence-electron chi connectivity index (χ2n) is 2.55. The summed E-state index contributed by atoms with van der Waals surface area (Å²) in [5.41, 5.74) is 3.10. The van der Waals surface area contributed by atoms with Crippen molar-refractivity contribution in [2.45, 2.75) is 6.92 Å². The van der Waals surface area contributed by atoms with Gasteiger partial charge in [0.05, 0.1) is 11.0 Å². The molecule has 0 unspecified atom stereocenters. The summed E-state index contributed by atoms with van der Waals surface area (Å²) in [7, 11) is 0. The van der Waals surface area contributed by atoms with Crippen LogP contribution in [0.25, 0.3) is 11.0 Å². The van der Waals surface area contributed by atoms with Crippen molar-refractivity contribution in [1.29, 1.82) is 0 Å². The Balaban J connectivity index is 2.86. The van der Waals surface area contributed by atoms with Crippen molar-refractivity contribution in [2.24, 2.45) is 0 Å². The minimum Gasteiger partial charge on any atom is -0.241 e. The second-order valence-corrected chi connectivity index (χ2v) is 2.91. The molecule has 0 radical (unpaired) electrons. The largest absolute Gasteiger partial charge is 0.241 e. The Morgan fingerprint density at radius 2 is 2.27 bits per heavy atom. The lowest BCUT2D eigenvalue weighted by atomic mass is 10.2. The molecule has 1 aromatic heterocycles. The molecule has 0 spiro atoms. The molecule has 0 fully saturated rings. The van der Waals surface area contributed by atoms with E-state index >= 15 is 0 Å². The molecule has 0 N–H and O–H groups in total. The van der Waals surface area contributed by atoms with Crippen LogP contribution >= 0.6 is 11.8 Å². The molecule has 2 aromatic rings. The molecule has 2 rings (SSSR count). The maximum absolute atomic E-state index is 5.78. The first kappa shape index (κ1) is 6.68. The van der Waals surface area contributed by atoms with E-state index in [1.807, 2.05) is 25.1 Å². The fourth-order valence-electron chi connectivity index (χ4n) is 1.09. The number of aryl methyl sites for hydroxylation is 1. The van der Waals surface area contributed by atoms with Gasteiger partial charge in [0, 0.05) is 11.8 Å². The first-order chi connectivity index (χ1) is 5.27. The molecule has 0 aliphatic rings. The molecule has 0 aliphatic carbocycles. The highest BCUT2D eigenvalue weighted by Crippen LogP contribution is 2.14. The lowest BCUT2D eigenvalue weighted by molar-refractivity contribution is 1.25. The van der Waals surface area contributed by atoms with Gasteiger partial charge in [0.2, 0.25) is 0 Å². The van der Waals surface area contributed by atoms with Gasteiger partial charge in [0.25, 0.3) is 0 Å². The van der Waals surface area contributed by atoms with Crippen LogP contribution in [0, 0.1) is 6.92 Å². The smallest absolute Gasteiger partial charge is 0.111 e. The van der Waals surface area contributed by atoms with E-state index in [4.69, 9.17) is 11.8 Å². The Labute approximate surface area is 69.5 Å². The third kappa shape index (κ3) is 0.994. The van der Waals surface area contributed by atoms with Crippen molar-refractivity contribution < 1.29 is 0 Å². The molecule has 0 atom stereocenters. The quantitative estimate of drug-likeness (QED) is 0.588. The number of fused-ring (bicyclic) bond motifs is 1. The molecule has 2 nitrogen and oxygen atoms in total. The molecule has 1 heterocycles. The lowest BCUT2D eigenvalue weighted by Crippen LogP contribution is -1.76. The highest BCUT2D eigenvalue weighted by molar-refractivity contribution is 6.18. The number of halogens is 1. The van der Waals surface area contributed by atoms with Gasteiger partial charge in [-0.15, -0.1) is 0 Å². The van der Waals surface area contributed by atoms with Crippen molar-refractivity contribution in [3.8, 4) is 0 Å². The van der Waals surface area contributed by atoms with Gasteiger partial charge >= 0.3 is 0 Å². The maximum Gasteiger partial charge on any atom is 0.111 e. The zero-order valence-corrected chi connectivity index (χ0v) is 6.84. The summed E-state index contributed by atoms with van der Waals surface area (Å²) in [6.45, 7) is 2.03. The highest BCUT2D eigenvalue weighted by atomic mass is 35.5. The van der Waals surface area contributed by atoms with E-state index in [0.29, 0.717) is 0 Å². The van der Waals surface area contributed by atoms with Crippen LogP contribution in [0.1, 0.15) is 5.56 Å². The van der Waals surface area contributed by atoms with Gasteiger partial charge in [-0.1, -0.05) is 6.07 Å². The molecule has 0 bridgehead atoms. The van der Waals surface area contributed by atoms with Gasteiger partial charge in [0.1, 0.15) is 6.33 Å². The molecule has 1 aromatic carbocycles.